The van der Waals surface area contributed by atoms with Gasteiger partial charge in [-0.25, -0.2) is 0 Å². The number of hydrogen-bond donors (Lipinski definition) is 1. The number of anilines is 1. The average molecular weight is 218 g/mol. The molecule has 2 heteroatoms. The number of rotatable bonds is 3. The SMILES string of the molecule is CCc1ccc(N2CCNCC2)c(CC)c1. The molecule has 1 N–H and O–H groups in total. The molecule has 88 valence electrons. The van der Waals surface area contributed by atoms with Crippen LogP contribution in [0.1, 0.15) is 25.0 Å². The molecule has 16 heavy (non-hydrogen) atoms. The van der Waals surface area contributed by atoms with E-state index in [4.69, 9.17) is 0 Å². The van der Waals surface area contributed by atoms with Gasteiger partial charge in [-0.1, -0.05) is 26.0 Å². The van der Waals surface area contributed by atoms with Crippen molar-refractivity contribution in [3.63, 3.8) is 0 Å². The number of aryl methyl sites for hydroxylation is 2. The number of piperazine rings is 1. The highest BCUT2D eigenvalue weighted by Gasteiger charge is 2.13. The highest BCUT2D eigenvalue weighted by molar-refractivity contribution is 5.55. The number of nitrogens with one attached hydrogen (secondary N) is 1. The molecule has 1 fully saturated rings. The zero-order valence-corrected chi connectivity index (χ0v) is 10.4. The fourth-order valence-electron chi connectivity index (χ4n) is 2.36. The van der Waals surface area contributed by atoms with Crippen LogP contribution in [0.25, 0.3) is 0 Å². The predicted molar refractivity (Wildman–Crippen MR) is 70.3 cm³/mol. The van der Waals surface area contributed by atoms with Gasteiger partial charge in [0.2, 0.25) is 0 Å². The van der Waals surface area contributed by atoms with Crippen LogP contribution in [0.2, 0.25) is 0 Å². The van der Waals surface area contributed by atoms with Crippen LogP contribution in [0.5, 0.6) is 0 Å². The second-order valence-electron chi connectivity index (χ2n) is 4.41. The van der Waals surface area contributed by atoms with Crippen LogP contribution in [0.3, 0.4) is 0 Å². The smallest absolute Gasteiger partial charge is 0.0399 e. The van der Waals surface area contributed by atoms with Gasteiger partial charge in [-0.3, -0.25) is 0 Å². The van der Waals surface area contributed by atoms with Gasteiger partial charge in [-0.2, -0.15) is 0 Å². The Kier molecular flexibility index (Phi) is 3.83. The molecule has 1 aromatic carbocycles. The molecule has 0 aromatic heterocycles. The quantitative estimate of drug-likeness (QED) is 0.837. The van der Waals surface area contributed by atoms with Crippen molar-refractivity contribution in [1.29, 1.82) is 0 Å². The van der Waals surface area contributed by atoms with E-state index in [1.807, 2.05) is 0 Å². The molecule has 1 saturated heterocycles. The minimum absolute atomic E-state index is 1.11. The summed E-state index contributed by atoms with van der Waals surface area (Å²) in [6, 6.07) is 6.96. The summed E-state index contributed by atoms with van der Waals surface area (Å²) in [6.45, 7) is 8.97. The first-order valence-corrected chi connectivity index (χ1v) is 6.42. The van der Waals surface area contributed by atoms with Crippen molar-refractivity contribution in [2.24, 2.45) is 0 Å². The van der Waals surface area contributed by atoms with E-state index in [0.717, 1.165) is 39.0 Å². The van der Waals surface area contributed by atoms with Gasteiger partial charge in [0.05, 0.1) is 0 Å². The Bertz CT molecular complexity index is 341. The molecule has 0 spiro atoms. The molecule has 0 bridgehead atoms. The minimum Gasteiger partial charge on any atom is -0.369 e. The standard InChI is InChI=1S/C14H22N2/c1-3-12-5-6-14(13(4-2)11-12)16-9-7-15-8-10-16/h5-6,11,15H,3-4,7-10H2,1-2H3. The summed E-state index contributed by atoms with van der Waals surface area (Å²) in [5.41, 5.74) is 4.40. The summed E-state index contributed by atoms with van der Waals surface area (Å²) >= 11 is 0. The summed E-state index contributed by atoms with van der Waals surface area (Å²) in [4.78, 5) is 2.51. The molecule has 0 radical (unpaired) electrons. The third-order valence-electron chi connectivity index (χ3n) is 3.39. The largest absolute Gasteiger partial charge is 0.369 e. The van der Waals surface area contributed by atoms with Gasteiger partial charge < -0.3 is 10.2 Å². The molecule has 2 nitrogen and oxygen atoms in total. The van der Waals surface area contributed by atoms with E-state index in [0.29, 0.717) is 0 Å². The van der Waals surface area contributed by atoms with Crippen molar-refractivity contribution < 1.29 is 0 Å². The summed E-state index contributed by atoms with van der Waals surface area (Å²) < 4.78 is 0. The van der Waals surface area contributed by atoms with Crippen LogP contribution < -0.4 is 10.2 Å². The predicted octanol–water partition coefficient (Wildman–Crippen LogP) is 2.22. The molecular weight excluding hydrogens is 196 g/mol. The summed E-state index contributed by atoms with van der Waals surface area (Å²) in [5, 5.41) is 3.40. The maximum Gasteiger partial charge on any atom is 0.0399 e. The zero-order valence-electron chi connectivity index (χ0n) is 10.4. The first kappa shape index (κ1) is 11.5. The fraction of sp³-hybridized carbons (Fsp3) is 0.571. The highest BCUT2D eigenvalue weighted by Crippen LogP contribution is 2.23. The molecule has 0 atom stereocenters. The van der Waals surface area contributed by atoms with E-state index >= 15 is 0 Å². The second kappa shape index (κ2) is 5.35. The van der Waals surface area contributed by atoms with Crippen LogP contribution in [0.4, 0.5) is 5.69 Å². The van der Waals surface area contributed by atoms with Crippen LogP contribution in [0.15, 0.2) is 18.2 Å². The third-order valence-corrected chi connectivity index (χ3v) is 3.39. The molecule has 1 aliphatic heterocycles. The molecular formula is C14H22N2. The maximum atomic E-state index is 3.40. The van der Waals surface area contributed by atoms with Crippen molar-refractivity contribution in [2.45, 2.75) is 26.7 Å². The van der Waals surface area contributed by atoms with E-state index in [2.05, 4.69) is 42.3 Å². The van der Waals surface area contributed by atoms with E-state index in [-0.39, 0.29) is 0 Å². The van der Waals surface area contributed by atoms with E-state index < -0.39 is 0 Å². The van der Waals surface area contributed by atoms with Gasteiger partial charge in [-0.05, 0) is 30.0 Å². The zero-order chi connectivity index (χ0) is 11.4. The van der Waals surface area contributed by atoms with Gasteiger partial charge in [-0.15, -0.1) is 0 Å². The monoisotopic (exact) mass is 218 g/mol. The first-order valence-electron chi connectivity index (χ1n) is 6.42. The normalized spacial score (nSPS) is 16.5. The van der Waals surface area contributed by atoms with Crippen molar-refractivity contribution in [3.05, 3.63) is 29.3 Å². The fourth-order valence-corrected chi connectivity index (χ4v) is 2.36. The Morgan fingerprint density at radius 3 is 2.50 bits per heavy atom. The third kappa shape index (κ3) is 2.38. The van der Waals surface area contributed by atoms with Gasteiger partial charge in [0.25, 0.3) is 0 Å². The Morgan fingerprint density at radius 2 is 1.88 bits per heavy atom. The van der Waals surface area contributed by atoms with Gasteiger partial charge in [0, 0.05) is 31.9 Å². The number of nitrogens with zero attached hydrogens (tertiary/aromatic N) is 1. The molecule has 0 amide bonds. The van der Waals surface area contributed by atoms with Crippen LogP contribution in [0, 0.1) is 0 Å². The van der Waals surface area contributed by atoms with Crippen molar-refractivity contribution in [3.8, 4) is 0 Å². The first-order chi connectivity index (χ1) is 7.85. The Hall–Kier alpha value is -1.02. The van der Waals surface area contributed by atoms with E-state index in [9.17, 15) is 0 Å². The Labute approximate surface area is 98.7 Å². The second-order valence-corrected chi connectivity index (χ2v) is 4.41. The highest BCUT2D eigenvalue weighted by atomic mass is 15.2. The molecule has 0 unspecified atom stereocenters. The number of hydrogen-bond acceptors (Lipinski definition) is 2. The van der Waals surface area contributed by atoms with Crippen molar-refractivity contribution in [2.75, 3.05) is 31.1 Å². The lowest BCUT2D eigenvalue weighted by atomic mass is 10.0. The summed E-state index contributed by atoms with van der Waals surface area (Å²) in [5.74, 6) is 0. The van der Waals surface area contributed by atoms with E-state index in [1.54, 1.807) is 0 Å². The Balaban J connectivity index is 2.24. The average Bonchev–Trinajstić information content (AvgIpc) is 2.39. The topological polar surface area (TPSA) is 15.3 Å². The molecule has 1 aliphatic rings. The van der Waals surface area contributed by atoms with Crippen LogP contribution in [-0.4, -0.2) is 26.2 Å². The van der Waals surface area contributed by atoms with Gasteiger partial charge >= 0.3 is 0 Å². The van der Waals surface area contributed by atoms with E-state index in [1.165, 1.54) is 16.8 Å². The molecule has 0 saturated carbocycles. The molecule has 1 heterocycles. The van der Waals surface area contributed by atoms with Crippen LogP contribution >= 0.6 is 0 Å². The lowest BCUT2D eigenvalue weighted by Gasteiger charge is -2.31. The van der Waals surface area contributed by atoms with Crippen LogP contribution in [-0.2, 0) is 12.8 Å². The molecule has 1 aromatic rings. The number of benzene rings is 1. The van der Waals surface area contributed by atoms with Gasteiger partial charge in [0.15, 0.2) is 0 Å². The maximum absolute atomic E-state index is 3.40. The van der Waals surface area contributed by atoms with Crippen molar-refractivity contribution in [1.82, 2.24) is 5.32 Å². The minimum atomic E-state index is 1.11. The van der Waals surface area contributed by atoms with Crippen molar-refractivity contribution >= 4 is 5.69 Å². The van der Waals surface area contributed by atoms with Gasteiger partial charge in [0.1, 0.15) is 0 Å². The lowest BCUT2D eigenvalue weighted by molar-refractivity contribution is 0.588. The molecule has 0 aliphatic carbocycles. The lowest BCUT2D eigenvalue weighted by Crippen LogP contribution is -2.43. The summed E-state index contributed by atoms with van der Waals surface area (Å²) in [7, 11) is 0. The Morgan fingerprint density at radius 1 is 1.12 bits per heavy atom. The summed E-state index contributed by atoms with van der Waals surface area (Å²) in [6.07, 6.45) is 2.27. The molecule has 2 rings (SSSR count).